The highest BCUT2D eigenvalue weighted by molar-refractivity contribution is 6.34. The lowest BCUT2D eigenvalue weighted by Gasteiger charge is -2.30. The molecule has 1 aliphatic heterocycles. The third-order valence-electron chi connectivity index (χ3n) is 4.40. The van der Waals surface area contributed by atoms with E-state index in [4.69, 9.17) is 34.7 Å². The first-order valence-electron chi connectivity index (χ1n) is 9.29. The van der Waals surface area contributed by atoms with E-state index in [1.54, 1.807) is 31.3 Å². The monoisotopic (exact) mass is 377 g/mol. The topological polar surface area (TPSA) is 78.6 Å². The molecule has 1 saturated heterocycles. The van der Waals surface area contributed by atoms with Crippen LogP contribution in [0, 0.1) is 12.3 Å². The maximum Gasteiger partial charge on any atom is 0.272 e. The van der Waals surface area contributed by atoms with E-state index >= 15 is 0 Å². The Morgan fingerprint density at radius 3 is 2.96 bits per heavy atom. The molecule has 10 heteroatoms. The number of nitrogens with zero attached hydrogens (tertiary/aromatic N) is 3. The molecular formula is C16H20B2ClN3O4. The first kappa shape index (κ1) is 16.6. The van der Waals surface area contributed by atoms with Crippen LogP contribution in [0.25, 0.3) is 11.0 Å². The maximum atomic E-state index is 11.3. The van der Waals surface area contributed by atoms with Crippen LogP contribution in [0.15, 0.2) is 12.5 Å². The standard InChI is InChI=1S/C16H20B2ClN3O4/c1-5-9-6-22(14-11(9)13(19)20-8-21-14)15-16(2,23)12(26-18-4)10(25-15)7-24-17-3/h1,6,8,10,12,15,17-18,23H,7H2,2-4H3/t10-,12-,15?,16-/m1/s1/i17D,18D. The van der Waals surface area contributed by atoms with Crippen LogP contribution >= 0.6 is 11.6 Å². The smallest absolute Gasteiger partial charge is 0.272 e. The molecule has 3 heterocycles. The predicted octanol–water partition coefficient (Wildman–Crippen LogP) is 0.915. The SMILES string of the molecule is [2H]B(C)OC[C@H]1OC(n2cc(C#C)c3c(Cl)ncnc32)[C@](C)(O)[C@@H]1OB([2H])C. The molecule has 0 amide bonds. The molecule has 136 valence electrons. The summed E-state index contributed by atoms with van der Waals surface area (Å²) in [5.41, 5.74) is -0.666. The summed E-state index contributed by atoms with van der Waals surface area (Å²) in [5, 5.41) is 12.0. The van der Waals surface area contributed by atoms with Gasteiger partial charge in [0.2, 0.25) is 0 Å². The van der Waals surface area contributed by atoms with Gasteiger partial charge in [0.25, 0.3) is 14.9 Å². The molecule has 2 aromatic heterocycles. The summed E-state index contributed by atoms with van der Waals surface area (Å²) in [6.07, 6.45) is 6.01. The second-order valence-electron chi connectivity index (χ2n) is 6.07. The molecule has 1 aliphatic rings. The molecule has 0 spiro atoms. The molecule has 1 unspecified atom stereocenters. The summed E-state index contributed by atoms with van der Waals surface area (Å²) >= 11 is 6.19. The van der Waals surface area contributed by atoms with Gasteiger partial charge in [-0.15, -0.1) is 6.42 Å². The molecule has 1 N–H and O–H groups in total. The molecule has 26 heavy (non-hydrogen) atoms. The van der Waals surface area contributed by atoms with Crippen LogP contribution < -0.4 is 0 Å². The van der Waals surface area contributed by atoms with E-state index in [1.165, 1.54) is 6.33 Å². The second-order valence-corrected chi connectivity index (χ2v) is 6.43. The molecule has 0 bridgehead atoms. The molecule has 0 saturated carbocycles. The summed E-state index contributed by atoms with van der Waals surface area (Å²) in [6, 6.07) is 0. The van der Waals surface area contributed by atoms with E-state index in [0.29, 0.717) is 16.6 Å². The third kappa shape index (κ3) is 3.13. The zero-order valence-electron chi connectivity index (χ0n) is 16.7. The Balaban J connectivity index is 2.05. The molecule has 2 aromatic rings. The van der Waals surface area contributed by atoms with Gasteiger partial charge in [0.1, 0.15) is 34.9 Å². The van der Waals surface area contributed by atoms with Crippen LogP contribution in [0.4, 0.5) is 0 Å². The van der Waals surface area contributed by atoms with Crippen molar-refractivity contribution in [2.75, 3.05) is 6.61 Å². The molecule has 4 atom stereocenters. The molecule has 0 radical (unpaired) electrons. The zero-order chi connectivity index (χ0) is 20.6. The Labute approximate surface area is 161 Å². The number of fused-ring (bicyclic) bond motifs is 1. The van der Waals surface area contributed by atoms with Crippen LogP contribution in [-0.2, 0) is 14.0 Å². The molecule has 1 fully saturated rings. The summed E-state index contributed by atoms with van der Waals surface area (Å²) in [5.74, 6) is 2.54. The number of aliphatic hydroxyl groups is 1. The second kappa shape index (κ2) is 7.59. The first-order valence-corrected chi connectivity index (χ1v) is 8.51. The van der Waals surface area contributed by atoms with Crippen LogP contribution in [0.5, 0.6) is 0 Å². The van der Waals surface area contributed by atoms with Crippen molar-refractivity contribution in [2.24, 2.45) is 0 Å². The summed E-state index contributed by atoms with van der Waals surface area (Å²) in [6.45, 7) is 4.69. The van der Waals surface area contributed by atoms with Crippen molar-refractivity contribution in [3.8, 4) is 12.3 Å². The van der Waals surface area contributed by atoms with Crippen LogP contribution in [0.1, 0.15) is 18.7 Å². The zero-order valence-corrected chi connectivity index (χ0v) is 15.5. The minimum Gasteiger partial charge on any atom is -0.437 e. The van der Waals surface area contributed by atoms with Crippen molar-refractivity contribution in [1.29, 1.82) is 2.67 Å². The summed E-state index contributed by atoms with van der Waals surface area (Å²) < 4.78 is 33.9. The lowest BCUT2D eigenvalue weighted by molar-refractivity contribution is -0.0915. The van der Waals surface area contributed by atoms with Crippen molar-refractivity contribution in [2.45, 2.75) is 44.6 Å². The highest BCUT2D eigenvalue weighted by Crippen LogP contribution is 2.42. The Bertz CT molecular complexity index is 906. The fourth-order valence-corrected chi connectivity index (χ4v) is 3.49. The number of ether oxygens (including phenoxy) is 1. The van der Waals surface area contributed by atoms with Gasteiger partial charge in [-0.1, -0.05) is 31.2 Å². The van der Waals surface area contributed by atoms with Crippen molar-refractivity contribution in [1.82, 2.24) is 14.5 Å². The van der Waals surface area contributed by atoms with Crippen molar-refractivity contribution < 1.29 is 19.2 Å². The quantitative estimate of drug-likeness (QED) is 0.458. The van der Waals surface area contributed by atoms with Crippen molar-refractivity contribution >= 4 is 37.5 Å². The van der Waals surface area contributed by atoms with Gasteiger partial charge in [-0.3, -0.25) is 0 Å². The van der Waals surface area contributed by atoms with Crippen LogP contribution in [0.2, 0.25) is 18.8 Å². The molecule has 3 rings (SSSR count). The van der Waals surface area contributed by atoms with Crippen LogP contribution in [-0.4, -0.2) is 61.6 Å². The van der Waals surface area contributed by atoms with E-state index in [2.05, 4.69) is 15.9 Å². The Hall–Kier alpha value is -1.56. The fraction of sp³-hybridized carbons (Fsp3) is 0.500. The highest BCUT2D eigenvalue weighted by atomic mass is 35.5. The fourth-order valence-electron chi connectivity index (χ4n) is 3.26. The lowest BCUT2D eigenvalue weighted by atomic mass is 9.93. The van der Waals surface area contributed by atoms with Gasteiger partial charge in [0.05, 0.1) is 17.6 Å². The molecular weight excluding hydrogens is 355 g/mol. The number of aromatic nitrogens is 3. The molecule has 7 nitrogen and oxygen atoms in total. The number of halogens is 1. The van der Waals surface area contributed by atoms with E-state index in [-0.39, 0.29) is 11.8 Å². The molecule has 0 aromatic carbocycles. The number of terminal acetylenes is 1. The average molecular weight is 377 g/mol. The van der Waals surface area contributed by atoms with Gasteiger partial charge >= 0.3 is 0 Å². The van der Waals surface area contributed by atoms with Gasteiger partial charge in [0, 0.05) is 8.87 Å². The van der Waals surface area contributed by atoms with E-state index in [9.17, 15) is 5.11 Å². The highest BCUT2D eigenvalue weighted by Gasteiger charge is 2.54. The first-order chi connectivity index (χ1) is 13.2. The summed E-state index contributed by atoms with van der Waals surface area (Å²) in [4.78, 5) is 8.21. The number of hydrogen-bond acceptors (Lipinski definition) is 6. The average Bonchev–Trinajstić information content (AvgIpc) is 3.09. The van der Waals surface area contributed by atoms with Crippen molar-refractivity contribution in [3.05, 3.63) is 23.2 Å². The molecule has 0 aliphatic carbocycles. The van der Waals surface area contributed by atoms with E-state index in [0.717, 1.165) is 0 Å². The van der Waals surface area contributed by atoms with Gasteiger partial charge < -0.3 is 23.7 Å². The van der Waals surface area contributed by atoms with Gasteiger partial charge in [-0.25, -0.2) is 9.97 Å². The number of rotatable bonds is 6. The maximum absolute atomic E-state index is 11.3. The third-order valence-corrected chi connectivity index (χ3v) is 4.69. The van der Waals surface area contributed by atoms with Gasteiger partial charge in [-0.2, -0.15) is 0 Å². The number of hydrogen-bond donors (Lipinski definition) is 1. The minimum atomic E-state index is -1.54. The predicted molar refractivity (Wildman–Crippen MR) is 102 cm³/mol. The van der Waals surface area contributed by atoms with Crippen molar-refractivity contribution in [3.63, 3.8) is 0 Å². The largest absolute Gasteiger partial charge is 0.437 e. The Morgan fingerprint density at radius 2 is 2.31 bits per heavy atom. The van der Waals surface area contributed by atoms with E-state index < -0.39 is 38.9 Å². The summed E-state index contributed by atoms with van der Waals surface area (Å²) in [7, 11) is -1.66. The van der Waals surface area contributed by atoms with Gasteiger partial charge in [-0.05, 0) is 6.92 Å². The van der Waals surface area contributed by atoms with Gasteiger partial charge in [0.15, 0.2) is 6.23 Å². The minimum absolute atomic E-state index is 0.0195. The Morgan fingerprint density at radius 1 is 1.54 bits per heavy atom. The normalized spacial score (nSPS) is 29.3. The Kier molecular flexibility index (Phi) is 4.85. The van der Waals surface area contributed by atoms with E-state index in [1.807, 2.05) is 0 Å². The lowest BCUT2D eigenvalue weighted by Crippen LogP contribution is -2.46. The van der Waals surface area contributed by atoms with Crippen LogP contribution in [0.3, 0.4) is 0 Å².